The Morgan fingerprint density at radius 2 is 1.85 bits per heavy atom. The highest BCUT2D eigenvalue weighted by atomic mass is 16.6. The van der Waals surface area contributed by atoms with Crippen molar-refractivity contribution in [1.82, 2.24) is 19.8 Å². The van der Waals surface area contributed by atoms with E-state index in [0.717, 1.165) is 75.5 Å². The van der Waals surface area contributed by atoms with Crippen molar-refractivity contribution in [2.24, 2.45) is 17.0 Å². The molecule has 4 rings (SSSR count). The lowest BCUT2D eigenvalue weighted by molar-refractivity contribution is -0.138. The van der Waals surface area contributed by atoms with Gasteiger partial charge in [0.15, 0.2) is 0 Å². The molecule has 0 bridgehead atoms. The van der Waals surface area contributed by atoms with Gasteiger partial charge in [-0.15, -0.1) is 0 Å². The van der Waals surface area contributed by atoms with Gasteiger partial charge in [-0.25, -0.2) is 4.98 Å². The molecular weight excluding hydrogens is 416 g/mol. The Labute approximate surface area is 195 Å². The van der Waals surface area contributed by atoms with Crippen LogP contribution in [0.3, 0.4) is 0 Å². The van der Waals surface area contributed by atoms with Crippen molar-refractivity contribution in [3.8, 4) is 0 Å². The SMILES string of the molecule is CON=C(c1cccc(C)n1)C1CCN(C(=O)C2CCN(Cc3ccnc(N)c3)CC2)CC1. The number of oxime groups is 1. The number of hydrogen-bond donors (Lipinski definition) is 1. The molecule has 0 aromatic carbocycles. The summed E-state index contributed by atoms with van der Waals surface area (Å²) in [6.45, 7) is 6.21. The number of piperidine rings is 2. The summed E-state index contributed by atoms with van der Waals surface area (Å²) in [6.07, 6.45) is 5.33. The number of carbonyl (C=O) groups excluding carboxylic acids is 1. The van der Waals surface area contributed by atoms with Gasteiger partial charge < -0.3 is 15.5 Å². The van der Waals surface area contributed by atoms with Crippen LogP contribution in [0, 0.1) is 18.8 Å². The number of nitrogen functional groups attached to an aromatic ring is 1. The van der Waals surface area contributed by atoms with Gasteiger partial charge in [-0.3, -0.25) is 14.7 Å². The van der Waals surface area contributed by atoms with Gasteiger partial charge in [-0.05, 0) is 75.5 Å². The Kier molecular flexibility index (Phi) is 7.54. The van der Waals surface area contributed by atoms with E-state index in [4.69, 9.17) is 10.6 Å². The van der Waals surface area contributed by atoms with Crippen LogP contribution in [0.2, 0.25) is 0 Å². The van der Waals surface area contributed by atoms with Crippen molar-refractivity contribution in [3.05, 3.63) is 53.5 Å². The number of carbonyl (C=O) groups is 1. The number of pyridine rings is 2. The van der Waals surface area contributed by atoms with Crippen LogP contribution in [-0.4, -0.2) is 64.7 Å². The molecule has 2 N–H and O–H groups in total. The number of nitrogens with two attached hydrogens (primary N) is 1. The fourth-order valence-electron chi connectivity index (χ4n) is 4.93. The third kappa shape index (κ3) is 5.87. The van der Waals surface area contributed by atoms with E-state index in [2.05, 4.69) is 24.9 Å². The Bertz CT molecular complexity index is 978. The average molecular weight is 451 g/mol. The number of hydrogen-bond acceptors (Lipinski definition) is 7. The number of aromatic nitrogens is 2. The maximum atomic E-state index is 13.2. The van der Waals surface area contributed by atoms with Crippen molar-refractivity contribution in [2.75, 3.05) is 39.0 Å². The molecule has 0 unspecified atom stereocenters. The lowest BCUT2D eigenvalue weighted by Crippen LogP contribution is -2.46. The molecule has 2 aromatic rings. The van der Waals surface area contributed by atoms with Gasteiger partial charge in [0.05, 0.1) is 5.69 Å². The summed E-state index contributed by atoms with van der Waals surface area (Å²) in [5.74, 6) is 1.22. The van der Waals surface area contributed by atoms with E-state index in [9.17, 15) is 4.79 Å². The fourth-order valence-corrected chi connectivity index (χ4v) is 4.93. The molecule has 2 aliphatic heterocycles. The maximum Gasteiger partial charge on any atom is 0.225 e. The zero-order chi connectivity index (χ0) is 23.2. The molecular formula is C25H34N6O2. The van der Waals surface area contributed by atoms with Crippen LogP contribution in [0.25, 0.3) is 0 Å². The van der Waals surface area contributed by atoms with Gasteiger partial charge in [0.25, 0.3) is 0 Å². The molecule has 2 aromatic heterocycles. The Morgan fingerprint density at radius 3 is 2.52 bits per heavy atom. The molecule has 2 aliphatic rings. The van der Waals surface area contributed by atoms with Gasteiger partial charge in [0.1, 0.15) is 18.6 Å². The van der Waals surface area contributed by atoms with Crippen LogP contribution in [0.4, 0.5) is 5.82 Å². The molecule has 8 nitrogen and oxygen atoms in total. The second-order valence-corrected chi connectivity index (χ2v) is 9.06. The number of rotatable bonds is 6. The van der Waals surface area contributed by atoms with Crippen LogP contribution >= 0.6 is 0 Å². The Balaban J connectivity index is 1.28. The normalized spacial score (nSPS) is 19.0. The van der Waals surface area contributed by atoms with Gasteiger partial charge in [0.2, 0.25) is 5.91 Å². The molecule has 1 amide bonds. The first kappa shape index (κ1) is 23.2. The van der Waals surface area contributed by atoms with Crippen LogP contribution in [0.1, 0.15) is 42.6 Å². The third-order valence-corrected chi connectivity index (χ3v) is 6.72. The second-order valence-electron chi connectivity index (χ2n) is 9.06. The summed E-state index contributed by atoms with van der Waals surface area (Å²) < 4.78 is 0. The van der Waals surface area contributed by atoms with Crippen molar-refractivity contribution in [2.45, 2.75) is 39.2 Å². The van der Waals surface area contributed by atoms with E-state index in [1.54, 1.807) is 13.3 Å². The molecule has 0 radical (unpaired) electrons. The Morgan fingerprint density at radius 1 is 1.12 bits per heavy atom. The summed E-state index contributed by atoms with van der Waals surface area (Å²) in [7, 11) is 1.57. The quantitative estimate of drug-likeness (QED) is 0.537. The van der Waals surface area contributed by atoms with Crippen LogP contribution in [0.5, 0.6) is 0 Å². The number of amides is 1. The molecule has 8 heteroatoms. The number of anilines is 1. The first-order valence-corrected chi connectivity index (χ1v) is 11.8. The molecule has 33 heavy (non-hydrogen) atoms. The minimum Gasteiger partial charge on any atom is -0.399 e. The van der Waals surface area contributed by atoms with Gasteiger partial charge in [-0.2, -0.15) is 0 Å². The monoisotopic (exact) mass is 450 g/mol. The molecule has 0 aliphatic carbocycles. The Hall–Kier alpha value is -3.00. The van der Waals surface area contributed by atoms with Crippen molar-refractivity contribution < 1.29 is 9.63 Å². The minimum atomic E-state index is 0.117. The molecule has 176 valence electrons. The van der Waals surface area contributed by atoms with E-state index in [1.807, 2.05) is 37.3 Å². The van der Waals surface area contributed by atoms with Gasteiger partial charge in [0, 0.05) is 43.4 Å². The molecule has 0 spiro atoms. The molecule has 2 fully saturated rings. The average Bonchev–Trinajstić information content (AvgIpc) is 2.83. The van der Waals surface area contributed by atoms with Crippen molar-refractivity contribution in [1.29, 1.82) is 0 Å². The number of aryl methyl sites for hydroxylation is 1. The van der Waals surface area contributed by atoms with E-state index in [1.165, 1.54) is 5.56 Å². The molecule has 0 atom stereocenters. The minimum absolute atomic E-state index is 0.117. The molecule has 4 heterocycles. The van der Waals surface area contributed by atoms with E-state index >= 15 is 0 Å². The zero-order valence-electron chi connectivity index (χ0n) is 19.6. The third-order valence-electron chi connectivity index (χ3n) is 6.72. The van der Waals surface area contributed by atoms with Crippen molar-refractivity contribution in [3.63, 3.8) is 0 Å². The van der Waals surface area contributed by atoms with Crippen LogP contribution in [-0.2, 0) is 16.2 Å². The van der Waals surface area contributed by atoms with Gasteiger partial charge in [-0.1, -0.05) is 11.2 Å². The first-order chi connectivity index (χ1) is 16.0. The summed E-state index contributed by atoms with van der Waals surface area (Å²) in [5.41, 5.74) is 9.68. The summed E-state index contributed by atoms with van der Waals surface area (Å²) in [5, 5.41) is 4.30. The number of nitrogens with zero attached hydrogens (tertiary/aromatic N) is 5. The van der Waals surface area contributed by atoms with E-state index in [-0.39, 0.29) is 11.8 Å². The highest BCUT2D eigenvalue weighted by molar-refractivity contribution is 6.00. The highest BCUT2D eigenvalue weighted by Crippen LogP contribution is 2.26. The topological polar surface area (TPSA) is 96.9 Å². The van der Waals surface area contributed by atoms with Crippen LogP contribution in [0.15, 0.2) is 41.7 Å². The predicted molar refractivity (Wildman–Crippen MR) is 128 cm³/mol. The molecule has 2 saturated heterocycles. The van der Waals surface area contributed by atoms with E-state index in [0.29, 0.717) is 11.7 Å². The first-order valence-electron chi connectivity index (χ1n) is 11.8. The zero-order valence-corrected chi connectivity index (χ0v) is 19.6. The van der Waals surface area contributed by atoms with Gasteiger partial charge >= 0.3 is 0 Å². The predicted octanol–water partition coefficient (Wildman–Crippen LogP) is 2.87. The lowest BCUT2D eigenvalue weighted by Gasteiger charge is -2.37. The standard InChI is InChI=1S/C25H34N6O2/c1-18-4-3-5-22(28-18)24(29-33-2)20-9-14-31(15-10-20)25(32)21-7-12-30(13-8-21)17-19-6-11-27-23(26)16-19/h3-6,11,16,20-21H,7-10,12-15,17H2,1-2H3,(H2,26,27). The smallest absolute Gasteiger partial charge is 0.225 e. The largest absolute Gasteiger partial charge is 0.399 e. The lowest BCUT2D eigenvalue weighted by atomic mass is 9.88. The second kappa shape index (κ2) is 10.7. The summed E-state index contributed by atoms with van der Waals surface area (Å²) >= 11 is 0. The van der Waals surface area contributed by atoms with Crippen LogP contribution < -0.4 is 5.73 Å². The number of likely N-dealkylation sites (tertiary alicyclic amines) is 2. The summed E-state index contributed by atoms with van der Waals surface area (Å²) in [4.78, 5) is 31.5. The van der Waals surface area contributed by atoms with E-state index < -0.39 is 0 Å². The summed E-state index contributed by atoms with van der Waals surface area (Å²) in [6, 6.07) is 9.89. The van der Waals surface area contributed by atoms with Crippen molar-refractivity contribution >= 4 is 17.4 Å². The highest BCUT2D eigenvalue weighted by Gasteiger charge is 2.32. The molecule has 0 saturated carbocycles. The fraction of sp³-hybridized carbons (Fsp3) is 0.520. The maximum absolute atomic E-state index is 13.2.